The van der Waals surface area contributed by atoms with Crippen molar-refractivity contribution >= 4 is 100 Å². The van der Waals surface area contributed by atoms with Gasteiger partial charge in [-0.15, -0.1) is 82.3 Å². The molecule has 2 N–H and O–H groups in total. The van der Waals surface area contributed by atoms with E-state index in [9.17, 15) is 14.4 Å². The van der Waals surface area contributed by atoms with Crippen LogP contribution in [0.5, 0.6) is 0 Å². The van der Waals surface area contributed by atoms with Crippen molar-refractivity contribution in [2.75, 3.05) is 88.3 Å². The van der Waals surface area contributed by atoms with Gasteiger partial charge in [0.15, 0.2) is 0 Å². The third-order valence-corrected chi connectivity index (χ3v) is 10.5. The molecule has 0 heterocycles. The van der Waals surface area contributed by atoms with Crippen molar-refractivity contribution in [3.8, 4) is 0 Å². The van der Waals surface area contributed by atoms with E-state index in [0.717, 1.165) is 21.0 Å². The van der Waals surface area contributed by atoms with Crippen LogP contribution in [0.15, 0.2) is 0 Å². The van der Waals surface area contributed by atoms with Gasteiger partial charge in [-0.05, 0) is 0 Å². The minimum absolute atomic E-state index is 0.00671. The quantitative estimate of drug-likeness (QED) is 0.0360. The molecule has 0 aromatic heterocycles. The summed E-state index contributed by atoms with van der Waals surface area (Å²) in [6.07, 6.45) is 0. The van der Waals surface area contributed by atoms with Crippen molar-refractivity contribution in [1.29, 1.82) is 0 Å². The molecule has 0 aliphatic carbocycles. The van der Waals surface area contributed by atoms with Crippen LogP contribution in [0.4, 0.5) is 0 Å². The maximum Gasteiger partial charge on any atom is 0.316 e. The lowest BCUT2D eigenvalue weighted by molar-refractivity contribution is -0.274. The van der Waals surface area contributed by atoms with Gasteiger partial charge in [0, 0.05) is 26.1 Å². The van der Waals surface area contributed by atoms with E-state index in [4.69, 9.17) is 34.2 Å². The summed E-state index contributed by atoms with van der Waals surface area (Å²) in [6.45, 7) is 0.164. The minimum Gasteiger partial charge on any atom is -0.463 e. The monoisotopic (exact) mass is 632 g/mol. The van der Waals surface area contributed by atoms with Crippen LogP contribution in [0.3, 0.4) is 0 Å². The molecule has 0 amide bonds. The highest BCUT2D eigenvalue weighted by molar-refractivity contribution is 8.22. The number of hydrogen-bond acceptors (Lipinski definition) is 17. The highest BCUT2D eigenvalue weighted by Crippen LogP contribution is 2.19. The normalized spacial score (nSPS) is 10.8. The zero-order valence-corrected chi connectivity index (χ0v) is 24.8. The third kappa shape index (κ3) is 29.1. The second-order valence-corrected chi connectivity index (χ2v) is 14.0. The standard InChI is InChI=1S/C18H32O10S7/c19-1-3-24-16(21)7-30-12-29-6-5-27-28-11-34-15-35-14-33-10-26-18(23)9-32-13-31-8-17(22)25-4-2-20/h19-20H,1-15H2. The molecule has 0 saturated heterocycles. The van der Waals surface area contributed by atoms with Gasteiger partial charge in [0.2, 0.25) is 0 Å². The molecule has 0 aliphatic heterocycles. The molecular weight excluding hydrogens is 601 g/mol. The van der Waals surface area contributed by atoms with E-state index in [-0.39, 0.29) is 61.6 Å². The van der Waals surface area contributed by atoms with Crippen molar-refractivity contribution in [3.63, 3.8) is 0 Å². The Kier molecular flexibility index (Phi) is 29.8. The molecule has 17 heteroatoms. The van der Waals surface area contributed by atoms with Crippen molar-refractivity contribution in [3.05, 3.63) is 0 Å². The Labute approximate surface area is 235 Å². The van der Waals surface area contributed by atoms with Gasteiger partial charge in [-0.2, -0.15) is 0 Å². The van der Waals surface area contributed by atoms with Gasteiger partial charge in [0.1, 0.15) is 25.1 Å². The van der Waals surface area contributed by atoms with E-state index in [1.165, 1.54) is 47.0 Å². The predicted octanol–water partition coefficient (Wildman–Crippen LogP) is 2.43. The Bertz CT molecular complexity index is 534. The molecule has 0 aromatic carbocycles. The van der Waals surface area contributed by atoms with Crippen LogP contribution < -0.4 is 0 Å². The topological polar surface area (TPSA) is 138 Å². The number of ether oxygens (including phenoxy) is 3. The van der Waals surface area contributed by atoms with E-state index in [1.807, 2.05) is 0 Å². The summed E-state index contributed by atoms with van der Waals surface area (Å²) in [6, 6.07) is 0. The van der Waals surface area contributed by atoms with Gasteiger partial charge in [-0.25, -0.2) is 9.78 Å². The van der Waals surface area contributed by atoms with Crippen LogP contribution in [0.2, 0.25) is 0 Å². The maximum absolute atomic E-state index is 11.6. The number of aliphatic hydroxyl groups is 2. The van der Waals surface area contributed by atoms with Crippen LogP contribution >= 0.6 is 82.3 Å². The lowest BCUT2D eigenvalue weighted by Gasteiger charge is -2.06. The zero-order valence-electron chi connectivity index (χ0n) is 19.1. The van der Waals surface area contributed by atoms with Gasteiger partial charge in [0.05, 0.1) is 37.1 Å². The third-order valence-electron chi connectivity index (χ3n) is 2.86. The largest absolute Gasteiger partial charge is 0.463 e. The highest BCUT2D eigenvalue weighted by Gasteiger charge is 2.06. The second-order valence-electron chi connectivity index (χ2n) is 5.62. The first-order valence-corrected chi connectivity index (χ1v) is 18.2. The summed E-state index contributed by atoms with van der Waals surface area (Å²) in [7, 11) is 0. The molecule has 0 bridgehead atoms. The molecule has 0 aromatic rings. The Morgan fingerprint density at radius 1 is 0.514 bits per heavy atom. The average Bonchev–Trinajstić information content (AvgIpc) is 2.85. The van der Waals surface area contributed by atoms with Crippen molar-refractivity contribution < 1.29 is 48.6 Å². The number of hydrogen-bond donors (Lipinski definition) is 2. The molecule has 0 spiro atoms. The predicted molar refractivity (Wildman–Crippen MR) is 151 cm³/mol. The van der Waals surface area contributed by atoms with E-state index >= 15 is 0 Å². The van der Waals surface area contributed by atoms with Crippen molar-refractivity contribution in [2.24, 2.45) is 0 Å². The molecule has 0 saturated carbocycles. The number of aliphatic hydroxyl groups excluding tert-OH is 2. The van der Waals surface area contributed by atoms with Gasteiger partial charge in [-0.1, -0.05) is 0 Å². The van der Waals surface area contributed by atoms with Crippen LogP contribution in [0.25, 0.3) is 0 Å². The fraction of sp³-hybridized carbons (Fsp3) is 0.833. The molecule has 0 radical (unpaired) electrons. The molecule has 0 fully saturated rings. The summed E-state index contributed by atoms with van der Waals surface area (Å²) >= 11 is 10.6. The van der Waals surface area contributed by atoms with E-state index in [0.29, 0.717) is 23.6 Å². The fourth-order valence-corrected chi connectivity index (χ4v) is 7.62. The smallest absolute Gasteiger partial charge is 0.316 e. The Morgan fingerprint density at radius 3 is 1.57 bits per heavy atom. The molecule has 0 aliphatic rings. The minimum atomic E-state index is -0.377. The van der Waals surface area contributed by atoms with Crippen LogP contribution in [0.1, 0.15) is 0 Å². The highest BCUT2D eigenvalue weighted by atomic mass is 32.2. The first kappa shape index (κ1) is 35.7. The molecule has 0 atom stereocenters. The summed E-state index contributed by atoms with van der Waals surface area (Å²) in [5, 5.41) is 20.0. The molecular formula is C18H32O10S7. The SMILES string of the molecule is O=C(CSCSCCOOCSCSCSCOC(=O)CSCSCC(=O)OCCO)OCCO. The zero-order chi connectivity index (χ0) is 25.8. The van der Waals surface area contributed by atoms with Crippen LogP contribution in [0, 0.1) is 0 Å². The van der Waals surface area contributed by atoms with Crippen LogP contribution in [-0.4, -0.2) is 116 Å². The summed E-state index contributed by atoms with van der Waals surface area (Å²) in [4.78, 5) is 44.2. The second kappa shape index (κ2) is 29.3. The Hall–Kier alpha value is 0.700. The van der Waals surface area contributed by atoms with Gasteiger partial charge in [-0.3, -0.25) is 14.4 Å². The molecule has 0 unspecified atom stereocenters. The summed E-state index contributed by atoms with van der Waals surface area (Å²) in [5.41, 5.74) is 0. The number of esters is 3. The first-order chi connectivity index (χ1) is 17.1. The molecule has 10 nitrogen and oxygen atoms in total. The van der Waals surface area contributed by atoms with E-state index in [1.54, 1.807) is 35.3 Å². The number of rotatable bonds is 26. The summed E-state index contributed by atoms with van der Waals surface area (Å²) in [5.74, 6) is 1.20. The first-order valence-electron chi connectivity index (χ1n) is 10.1. The van der Waals surface area contributed by atoms with Crippen molar-refractivity contribution in [1.82, 2.24) is 0 Å². The fourth-order valence-electron chi connectivity index (χ4n) is 1.54. The Balaban J connectivity index is 3.23. The van der Waals surface area contributed by atoms with E-state index < -0.39 is 0 Å². The molecule has 35 heavy (non-hydrogen) atoms. The number of thioether (sulfide) groups is 7. The summed E-state index contributed by atoms with van der Waals surface area (Å²) < 4.78 is 14.6. The number of carbonyl (C=O) groups is 3. The van der Waals surface area contributed by atoms with Gasteiger partial charge in [0.25, 0.3) is 0 Å². The Morgan fingerprint density at radius 2 is 1.00 bits per heavy atom. The average molecular weight is 633 g/mol. The van der Waals surface area contributed by atoms with Gasteiger partial charge >= 0.3 is 17.9 Å². The lowest BCUT2D eigenvalue weighted by atomic mass is 10.7. The van der Waals surface area contributed by atoms with E-state index in [2.05, 4.69) is 0 Å². The van der Waals surface area contributed by atoms with Gasteiger partial charge < -0.3 is 24.4 Å². The number of carbonyl (C=O) groups excluding carboxylic acids is 3. The van der Waals surface area contributed by atoms with Crippen molar-refractivity contribution in [2.45, 2.75) is 0 Å². The molecule has 0 rings (SSSR count). The lowest BCUT2D eigenvalue weighted by Crippen LogP contribution is -2.11. The van der Waals surface area contributed by atoms with Crippen LogP contribution in [-0.2, 0) is 38.4 Å². The maximum atomic E-state index is 11.6. The molecule has 206 valence electrons.